The van der Waals surface area contributed by atoms with E-state index in [0.29, 0.717) is 0 Å². The van der Waals surface area contributed by atoms with Crippen molar-refractivity contribution >= 4 is 5.91 Å². The number of aromatic nitrogens is 4. The first-order valence-electron chi connectivity index (χ1n) is 7.91. The number of nitrogens with zero attached hydrogens (tertiary/aromatic N) is 5. The highest BCUT2D eigenvalue weighted by molar-refractivity contribution is 5.73. The summed E-state index contributed by atoms with van der Waals surface area (Å²) in [5, 5.41) is 4.26. The number of imidazole rings is 1. The Labute approximate surface area is 129 Å². The lowest BCUT2D eigenvalue weighted by Gasteiger charge is -2.38. The SMILES string of the molecule is CC(=O)N1CCC2(CC1)CCn1c(-c3ccnn3C)cnc12. The van der Waals surface area contributed by atoms with Crippen LogP contribution in [-0.2, 0) is 23.8 Å². The van der Waals surface area contributed by atoms with Crippen LogP contribution in [0.4, 0.5) is 0 Å². The number of carbonyl (C=O) groups is 1. The maximum absolute atomic E-state index is 11.5. The first kappa shape index (κ1) is 13.5. The fourth-order valence-corrected chi connectivity index (χ4v) is 4.02. The molecule has 22 heavy (non-hydrogen) atoms. The molecular formula is C16H21N5O. The summed E-state index contributed by atoms with van der Waals surface area (Å²) in [6, 6.07) is 2.04. The molecule has 2 aliphatic rings. The highest BCUT2D eigenvalue weighted by Gasteiger charge is 2.44. The first-order chi connectivity index (χ1) is 10.6. The average Bonchev–Trinajstić information content (AvgIpc) is 3.18. The van der Waals surface area contributed by atoms with Crippen molar-refractivity contribution < 1.29 is 4.79 Å². The summed E-state index contributed by atoms with van der Waals surface area (Å²) in [4.78, 5) is 18.3. The van der Waals surface area contributed by atoms with E-state index in [1.54, 1.807) is 6.92 Å². The predicted octanol–water partition coefficient (Wildman–Crippen LogP) is 1.57. The molecule has 0 bridgehead atoms. The molecule has 0 atom stereocenters. The summed E-state index contributed by atoms with van der Waals surface area (Å²) in [5.41, 5.74) is 2.42. The van der Waals surface area contributed by atoms with Gasteiger partial charge in [-0.2, -0.15) is 5.10 Å². The number of fused-ring (bicyclic) bond motifs is 2. The van der Waals surface area contributed by atoms with Crippen molar-refractivity contribution in [2.24, 2.45) is 7.05 Å². The molecule has 6 nitrogen and oxygen atoms in total. The Morgan fingerprint density at radius 1 is 1.18 bits per heavy atom. The van der Waals surface area contributed by atoms with Crippen molar-refractivity contribution in [3.63, 3.8) is 0 Å². The molecule has 2 aromatic heterocycles. The molecule has 0 radical (unpaired) electrons. The highest BCUT2D eigenvalue weighted by atomic mass is 16.2. The van der Waals surface area contributed by atoms with Gasteiger partial charge in [-0.1, -0.05) is 0 Å². The summed E-state index contributed by atoms with van der Waals surface area (Å²) in [6.45, 7) is 4.37. The third-order valence-electron chi connectivity index (χ3n) is 5.39. The molecule has 4 heterocycles. The Morgan fingerprint density at radius 2 is 1.91 bits per heavy atom. The summed E-state index contributed by atoms with van der Waals surface area (Å²) in [7, 11) is 1.96. The number of rotatable bonds is 1. The number of hydrogen-bond acceptors (Lipinski definition) is 3. The second-order valence-electron chi connectivity index (χ2n) is 6.50. The minimum Gasteiger partial charge on any atom is -0.343 e. The van der Waals surface area contributed by atoms with E-state index in [2.05, 4.69) is 9.67 Å². The molecule has 0 saturated carbocycles. The number of hydrogen-bond donors (Lipinski definition) is 0. The Bertz CT molecular complexity index is 721. The largest absolute Gasteiger partial charge is 0.343 e. The minimum absolute atomic E-state index is 0.156. The molecule has 0 aromatic carbocycles. The van der Waals surface area contributed by atoms with E-state index in [0.717, 1.165) is 50.3 Å². The molecule has 0 aliphatic carbocycles. The molecule has 1 amide bonds. The van der Waals surface area contributed by atoms with Crippen LogP contribution in [0.3, 0.4) is 0 Å². The van der Waals surface area contributed by atoms with Crippen LogP contribution in [0.5, 0.6) is 0 Å². The second kappa shape index (κ2) is 4.69. The van der Waals surface area contributed by atoms with Crippen LogP contribution in [0.2, 0.25) is 0 Å². The van der Waals surface area contributed by atoms with Crippen molar-refractivity contribution in [3.05, 3.63) is 24.3 Å². The van der Waals surface area contributed by atoms with Gasteiger partial charge < -0.3 is 9.47 Å². The summed E-state index contributed by atoms with van der Waals surface area (Å²) in [6.07, 6.45) is 6.98. The van der Waals surface area contributed by atoms with Gasteiger partial charge in [-0.3, -0.25) is 9.48 Å². The zero-order valence-corrected chi connectivity index (χ0v) is 13.1. The van der Waals surface area contributed by atoms with Crippen LogP contribution in [0, 0.1) is 0 Å². The Morgan fingerprint density at radius 3 is 2.55 bits per heavy atom. The maximum atomic E-state index is 11.5. The maximum Gasteiger partial charge on any atom is 0.219 e. The molecular weight excluding hydrogens is 278 g/mol. The van der Waals surface area contributed by atoms with Crippen molar-refractivity contribution in [1.29, 1.82) is 0 Å². The zero-order valence-electron chi connectivity index (χ0n) is 13.1. The van der Waals surface area contributed by atoms with Crippen molar-refractivity contribution in [2.75, 3.05) is 13.1 Å². The second-order valence-corrected chi connectivity index (χ2v) is 6.50. The lowest BCUT2D eigenvalue weighted by molar-refractivity contribution is -0.130. The summed E-state index contributed by atoms with van der Waals surface area (Å²) in [5.74, 6) is 1.39. The van der Waals surface area contributed by atoms with E-state index in [4.69, 9.17) is 4.98 Å². The number of carbonyl (C=O) groups excluding carboxylic acids is 1. The van der Waals surface area contributed by atoms with Crippen LogP contribution in [0.1, 0.15) is 32.0 Å². The zero-order chi connectivity index (χ0) is 15.3. The molecule has 6 heteroatoms. The van der Waals surface area contributed by atoms with Crippen LogP contribution in [-0.4, -0.2) is 43.2 Å². The van der Waals surface area contributed by atoms with Crippen molar-refractivity contribution in [3.8, 4) is 11.4 Å². The lowest BCUT2D eigenvalue weighted by Crippen LogP contribution is -2.43. The third kappa shape index (κ3) is 1.82. The van der Waals surface area contributed by atoms with Crippen LogP contribution in [0.15, 0.2) is 18.5 Å². The lowest BCUT2D eigenvalue weighted by atomic mass is 9.76. The average molecular weight is 299 g/mol. The number of piperidine rings is 1. The van der Waals surface area contributed by atoms with Gasteiger partial charge in [-0.05, 0) is 25.3 Å². The van der Waals surface area contributed by atoms with E-state index in [9.17, 15) is 4.79 Å². The number of amides is 1. The van der Waals surface area contributed by atoms with Gasteiger partial charge in [0.15, 0.2) is 0 Å². The van der Waals surface area contributed by atoms with Gasteiger partial charge >= 0.3 is 0 Å². The minimum atomic E-state index is 0.156. The van der Waals surface area contributed by atoms with Crippen LogP contribution < -0.4 is 0 Å². The van der Waals surface area contributed by atoms with Gasteiger partial charge in [0, 0.05) is 45.2 Å². The third-order valence-corrected chi connectivity index (χ3v) is 5.39. The fourth-order valence-electron chi connectivity index (χ4n) is 4.02. The van der Waals surface area contributed by atoms with Gasteiger partial charge in [0.2, 0.25) is 5.91 Å². The highest BCUT2D eigenvalue weighted by Crippen LogP contribution is 2.44. The van der Waals surface area contributed by atoms with Gasteiger partial charge in [0.1, 0.15) is 5.82 Å². The van der Waals surface area contributed by atoms with Gasteiger partial charge in [0.05, 0.1) is 17.6 Å². The Kier molecular flexibility index (Phi) is 2.89. The Hall–Kier alpha value is -2.11. The van der Waals surface area contributed by atoms with Crippen molar-refractivity contribution in [2.45, 2.75) is 38.1 Å². The predicted molar refractivity (Wildman–Crippen MR) is 82.2 cm³/mol. The smallest absolute Gasteiger partial charge is 0.219 e. The van der Waals surface area contributed by atoms with Crippen molar-refractivity contribution in [1.82, 2.24) is 24.2 Å². The van der Waals surface area contributed by atoms with Gasteiger partial charge in [-0.15, -0.1) is 0 Å². The number of aryl methyl sites for hydroxylation is 1. The van der Waals surface area contributed by atoms with E-state index in [-0.39, 0.29) is 11.3 Å². The first-order valence-corrected chi connectivity index (χ1v) is 7.91. The quantitative estimate of drug-likeness (QED) is 0.803. The summed E-state index contributed by atoms with van der Waals surface area (Å²) < 4.78 is 4.24. The normalized spacial score (nSPS) is 19.6. The number of likely N-dealkylation sites (tertiary alicyclic amines) is 1. The van der Waals surface area contributed by atoms with E-state index < -0.39 is 0 Å². The molecule has 1 fully saturated rings. The molecule has 4 rings (SSSR count). The summed E-state index contributed by atoms with van der Waals surface area (Å²) >= 11 is 0. The molecule has 2 aliphatic heterocycles. The van der Waals surface area contributed by atoms with E-state index in [1.165, 1.54) is 5.82 Å². The molecule has 1 spiro atoms. The standard InChI is InChI=1S/C16H21N5O/c1-12(22)20-8-4-16(5-9-20)6-10-21-14(11-17-15(16)21)13-3-7-18-19(13)2/h3,7,11H,4-6,8-10H2,1-2H3. The van der Waals surface area contributed by atoms with Gasteiger partial charge in [-0.25, -0.2) is 4.98 Å². The van der Waals surface area contributed by atoms with Crippen LogP contribution in [0.25, 0.3) is 11.4 Å². The Balaban J connectivity index is 1.66. The van der Waals surface area contributed by atoms with Gasteiger partial charge in [0.25, 0.3) is 0 Å². The molecule has 1 saturated heterocycles. The van der Waals surface area contributed by atoms with E-state index in [1.807, 2.05) is 35.1 Å². The topological polar surface area (TPSA) is 56.0 Å². The monoisotopic (exact) mass is 299 g/mol. The molecule has 2 aromatic rings. The molecule has 0 N–H and O–H groups in total. The molecule has 116 valence electrons. The van der Waals surface area contributed by atoms with E-state index >= 15 is 0 Å². The molecule has 0 unspecified atom stereocenters. The van der Waals surface area contributed by atoms with Crippen LogP contribution >= 0.6 is 0 Å². The fraction of sp³-hybridized carbons (Fsp3) is 0.562.